The third-order valence-corrected chi connectivity index (χ3v) is 6.26. The number of carbonyl (C=O) groups excluding carboxylic acids is 1. The Morgan fingerprint density at radius 3 is 2.84 bits per heavy atom. The molecule has 0 unspecified atom stereocenters. The van der Waals surface area contributed by atoms with Gasteiger partial charge in [0.05, 0.1) is 22.3 Å². The van der Waals surface area contributed by atoms with Crippen LogP contribution >= 0.6 is 0 Å². The van der Waals surface area contributed by atoms with Gasteiger partial charge in [-0.05, 0) is 43.7 Å². The first-order chi connectivity index (χ1) is 15.5. The molecule has 2 aromatic heterocycles. The van der Waals surface area contributed by atoms with Gasteiger partial charge >= 0.3 is 0 Å². The molecule has 0 atom stereocenters. The van der Waals surface area contributed by atoms with Gasteiger partial charge in [0.1, 0.15) is 5.75 Å². The highest BCUT2D eigenvalue weighted by Crippen LogP contribution is 2.33. The number of rotatable bonds is 5. The second-order valence-corrected chi connectivity index (χ2v) is 8.40. The van der Waals surface area contributed by atoms with Crippen LogP contribution in [0.25, 0.3) is 21.8 Å². The van der Waals surface area contributed by atoms with Gasteiger partial charge in [-0.1, -0.05) is 6.92 Å². The highest BCUT2D eigenvalue weighted by Gasteiger charge is 2.22. The fraction of sp³-hybridized carbons (Fsp3) is 0.333. The maximum absolute atomic E-state index is 13.1. The van der Waals surface area contributed by atoms with Crippen molar-refractivity contribution in [2.45, 2.75) is 25.8 Å². The maximum atomic E-state index is 13.1. The zero-order chi connectivity index (χ0) is 22.2. The van der Waals surface area contributed by atoms with E-state index in [2.05, 4.69) is 32.5 Å². The molecule has 0 aliphatic carbocycles. The summed E-state index contributed by atoms with van der Waals surface area (Å²) in [5, 5.41) is 22.9. The van der Waals surface area contributed by atoms with E-state index in [0.717, 1.165) is 54.5 Å². The lowest BCUT2D eigenvalue weighted by Crippen LogP contribution is -2.42. The molecule has 0 bridgehead atoms. The van der Waals surface area contributed by atoms with Crippen molar-refractivity contribution in [2.75, 3.05) is 29.9 Å². The molecule has 4 N–H and O–H groups in total. The molecule has 8 nitrogen and oxygen atoms in total. The number of benzene rings is 2. The number of aromatic nitrogens is 3. The van der Waals surface area contributed by atoms with E-state index in [9.17, 15) is 9.90 Å². The van der Waals surface area contributed by atoms with E-state index in [1.165, 1.54) is 0 Å². The Morgan fingerprint density at radius 1 is 1.25 bits per heavy atom. The molecule has 0 spiro atoms. The molecule has 5 rings (SSSR count). The van der Waals surface area contributed by atoms with Crippen molar-refractivity contribution in [2.24, 2.45) is 7.05 Å². The van der Waals surface area contributed by atoms with Crippen LogP contribution in [0.1, 0.15) is 30.1 Å². The van der Waals surface area contributed by atoms with Crippen molar-refractivity contribution in [3.63, 3.8) is 0 Å². The number of hydrogen-bond acceptors (Lipinski definition) is 5. The number of piperidine rings is 1. The number of phenols is 1. The van der Waals surface area contributed by atoms with E-state index >= 15 is 0 Å². The van der Waals surface area contributed by atoms with E-state index in [4.69, 9.17) is 0 Å². The van der Waals surface area contributed by atoms with Crippen LogP contribution in [-0.2, 0) is 7.05 Å². The van der Waals surface area contributed by atoms with E-state index in [-0.39, 0.29) is 11.7 Å². The Bertz CT molecular complexity index is 1280. The Hall–Kier alpha value is -3.52. The summed E-state index contributed by atoms with van der Waals surface area (Å²) in [5.74, 6) is -0.277. The van der Waals surface area contributed by atoms with Crippen LogP contribution in [0.15, 0.2) is 42.7 Å². The number of nitrogens with zero attached hydrogens (tertiary/aromatic N) is 3. The number of anilines is 2. The van der Waals surface area contributed by atoms with Crippen molar-refractivity contribution >= 4 is 39.1 Å². The van der Waals surface area contributed by atoms with Crippen molar-refractivity contribution in [1.29, 1.82) is 0 Å². The molecular weight excluding hydrogens is 404 g/mol. The molecular formula is C24H28N6O2. The van der Waals surface area contributed by atoms with Crippen molar-refractivity contribution in [3.05, 3.63) is 48.3 Å². The van der Waals surface area contributed by atoms with Crippen molar-refractivity contribution < 1.29 is 9.90 Å². The first kappa shape index (κ1) is 20.4. The second-order valence-electron chi connectivity index (χ2n) is 8.40. The molecule has 1 fully saturated rings. The van der Waals surface area contributed by atoms with Crippen LogP contribution in [-0.4, -0.2) is 51.5 Å². The normalized spacial score (nSPS) is 15.0. The van der Waals surface area contributed by atoms with Gasteiger partial charge in [0.15, 0.2) is 0 Å². The van der Waals surface area contributed by atoms with Crippen LogP contribution in [0.5, 0.6) is 5.75 Å². The molecule has 2 aromatic carbocycles. The van der Waals surface area contributed by atoms with Gasteiger partial charge in [0.25, 0.3) is 5.91 Å². The number of nitrogens with one attached hydrogen (secondary N) is 3. The van der Waals surface area contributed by atoms with Crippen molar-refractivity contribution in [3.8, 4) is 5.75 Å². The maximum Gasteiger partial charge on any atom is 0.257 e. The van der Waals surface area contributed by atoms with Crippen molar-refractivity contribution in [1.82, 2.24) is 20.1 Å². The highest BCUT2D eigenvalue weighted by atomic mass is 16.3. The van der Waals surface area contributed by atoms with Crippen LogP contribution in [0.4, 0.5) is 11.4 Å². The minimum Gasteiger partial charge on any atom is -0.506 e. The van der Waals surface area contributed by atoms with Crippen LogP contribution < -0.4 is 15.5 Å². The minimum atomic E-state index is -0.270. The number of aryl methyl sites for hydroxylation is 1. The summed E-state index contributed by atoms with van der Waals surface area (Å²) in [6.07, 6.45) is 5.94. The van der Waals surface area contributed by atoms with Gasteiger partial charge in [-0.25, -0.2) is 0 Å². The molecule has 1 aliphatic rings. The lowest BCUT2D eigenvalue weighted by molar-refractivity contribution is 0.102. The van der Waals surface area contributed by atoms with E-state index in [0.29, 0.717) is 22.8 Å². The first-order valence-electron chi connectivity index (χ1n) is 11.1. The minimum absolute atomic E-state index is 0.00698. The molecule has 8 heteroatoms. The fourth-order valence-electron chi connectivity index (χ4n) is 4.69. The summed E-state index contributed by atoms with van der Waals surface area (Å²) in [6, 6.07) is 9.80. The van der Waals surface area contributed by atoms with E-state index in [1.54, 1.807) is 16.8 Å². The van der Waals surface area contributed by atoms with Crippen LogP contribution in [0.2, 0.25) is 0 Å². The lowest BCUT2D eigenvalue weighted by atomic mass is 10.0. The second kappa shape index (κ2) is 8.20. The molecule has 1 aliphatic heterocycles. The summed E-state index contributed by atoms with van der Waals surface area (Å²) in [5.41, 5.74) is 3.53. The summed E-state index contributed by atoms with van der Waals surface area (Å²) < 4.78 is 1.68. The van der Waals surface area contributed by atoms with Gasteiger partial charge in [-0.2, -0.15) is 5.10 Å². The molecule has 32 heavy (non-hydrogen) atoms. The van der Waals surface area contributed by atoms with Gasteiger partial charge in [0, 0.05) is 61.1 Å². The Labute approximate surface area is 186 Å². The Morgan fingerprint density at radius 2 is 2.06 bits per heavy atom. The predicted molar refractivity (Wildman–Crippen MR) is 128 cm³/mol. The predicted octanol–water partition coefficient (Wildman–Crippen LogP) is 3.59. The SMILES string of the molecule is CCNC1CCN(c2ccc(C(=O)Nc3cc4cn(C)nc4cc3O)c3[nH]ccc23)CC1. The van der Waals surface area contributed by atoms with Crippen LogP contribution in [0, 0.1) is 0 Å². The molecule has 0 saturated carbocycles. The number of aromatic amines is 1. The number of amides is 1. The average Bonchev–Trinajstić information content (AvgIpc) is 3.40. The zero-order valence-corrected chi connectivity index (χ0v) is 18.4. The molecule has 1 amide bonds. The van der Waals surface area contributed by atoms with Gasteiger partial charge in [0.2, 0.25) is 0 Å². The monoisotopic (exact) mass is 432 g/mol. The number of aromatic hydroxyl groups is 1. The average molecular weight is 433 g/mol. The summed E-state index contributed by atoms with van der Waals surface area (Å²) >= 11 is 0. The van der Waals surface area contributed by atoms with Gasteiger partial charge in [-0.15, -0.1) is 0 Å². The fourth-order valence-corrected chi connectivity index (χ4v) is 4.69. The quantitative estimate of drug-likeness (QED) is 0.361. The largest absolute Gasteiger partial charge is 0.506 e. The van der Waals surface area contributed by atoms with E-state index < -0.39 is 0 Å². The molecule has 166 valence electrons. The lowest BCUT2D eigenvalue weighted by Gasteiger charge is -2.34. The summed E-state index contributed by atoms with van der Waals surface area (Å²) in [7, 11) is 1.82. The summed E-state index contributed by atoms with van der Waals surface area (Å²) in [6.45, 7) is 5.12. The number of H-pyrrole nitrogens is 1. The smallest absolute Gasteiger partial charge is 0.257 e. The molecule has 0 radical (unpaired) electrons. The van der Waals surface area contributed by atoms with E-state index in [1.807, 2.05) is 37.6 Å². The molecule has 3 heterocycles. The zero-order valence-electron chi connectivity index (χ0n) is 18.4. The summed E-state index contributed by atoms with van der Waals surface area (Å²) in [4.78, 5) is 18.8. The van der Waals surface area contributed by atoms with Crippen LogP contribution in [0.3, 0.4) is 0 Å². The van der Waals surface area contributed by atoms with Gasteiger partial charge in [-0.3, -0.25) is 9.48 Å². The number of fused-ring (bicyclic) bond motifs is 2. The standard InChI is InChI=1S/C24H28N6O2/c1-3-25-16-7-10-30(11-8-16)21-5-4-18(23-17(21)6-9-26-23)24(32)27-20-12-15-14-29(2)28-19(15)13-22(20)31/h4-6,9,12-14,16,25-26,31H,3,7-8,10-11H2,1-2H3,(H,27,32). The third-order valence-electron chi connectivity index (χ3n) is 6.26. The third kappa shape index (κ3) is 3.67. The number of phenolic OH excluding ortho intramolecular Hbond substituents is 1. The molecule has 1 saturated heterocycles. The topological polar surface area (TPSA) is 98.2 Å². The highest BCUT2D eigenvalue weighted by molar-refractivity contribution is 6.14. The first-order valence-corrected chi connectivity index (χ1v) is 11.1. The Kier molecular flexibility index (Phi) is 5.22. The number of carbonyl (C=O) groups is 1. The van der Waals surface area contributed by atoms with Gasteiger partial charge < -0.3 is 25.6 Å². The number of hydrogen-bond donors (Lipinski definition) is 4. The molecule has 4 aromatic rings. The Balaban J connectivity index is 1.41.